The molecule has 2 heterocycles. The second kappa shape index (κ2) is 8.44. The van der Waals surface area contributed by atoms with Crippen molar-refractivity contribution in [2.24, 2.45) is 5.73 Å². The summed E-state index contributed by atoms with van der Waals surface area (Å²) >= 11 is 0. The summed E-state index contributed by atoms with van der Waals surface area (Å²) in [6.45, 7) is 6.77. The van der Waals surface area contributed by atoms with Gasteiger partial charge in [0, 0.05) is 0 Å². The summed E-state index contributed by atoms with van der Waals surface area (Å²) in [6, 6.07) is 17.6. The number of benzene rings is 2. The molecule has 2 N–H and O–H groups in total. The third-order valence-corrected chi connectivity index (χ3v) is 5.13. The minimum Gasteiger partial charge on any atom is -0.490 e. The van der Waals surface area contributed by atoms with Crippen LogP contribution in [-0.2, 0) is 0 Å². The summed E-state index contributed by atoms with van der Waals surface area (Å²) in [5, 5.41) is 14.6. The quantitative estimate of drug-likeness (QED) is 0.647. The number of rotatable bonds is 6. The number of aryl methyl sites for hydroxylation is 1. The molecule has 7 heteroatoms. The number of allylic oxidation sites excluding steroid dienone is 1. The summed E-state index contributed by atoms with van der Waals surface area (Å²) in [4.78, 5) is 0. The molecule has 1 atom stereocenters. The third kappa shape index (κ3) is 3.57. The first-order valence-electron chi connectivity index (χ1n) is 10.2. The van der Waals surface area contributed by atoms with Crippen LogP contribution in [0.2, 0.25) is 0 Å². The van der Waals surface area contributed by atoms with Crippen LogP contribution < -0.4 is 19.9 Å². The van der Waals surface area contributed by atoms with Crippen LogP contribution in [0.5, 0.6) is 17.4 Å². The molecular weight excluding hydrogens is 392 g/mol. The number of hydrogen-bond acceptors (Lipinski definition) is 6. The van der Waals surface area contributed by atoms with Gasteiger partial charge < -0.3 is 19.9 Å². The average Bonchev–Trinajstić information content (AvgIpc) is 3.10. The largest absolute Gasteiger partial charge is 0.490 e. The summed E-state index contributed by atoms with van der Waals surface area (Å²) in [7, 11) is 0. The normalized spacial score (nSPS) is 15.1. The average molecular weight is 416 g/mol. The van der Waals surface area contributed by atoms with Crippen molar-refractivity contribution >= 4 is 0 Å². The van der Waals surface area contributed by atoms with Crippen LogP contribution in [0.25, 0.3) is 5.69 Å². The molecule has 7 nitrogen and oxygen atoms in total. The zero-order valence-electron chi connectivity index (χ0n) is 17.8. The van der Waals surface area contributed by atoms with Gasteiger partial charge >= 0.3 is 0 Å². The van der Waals surface area contributed by atoms with E-state index in [4.69, 9.17) is 25.0 Å². The van der Waals surface area contributed by atoms with Gasteiger partial charge in [0.05, 0.1) is 36.1 Å². The number of fused-ring (bicyclic) bond motifs is 1. The van der Waals surface area contributed by atoms with Gasteiger partial charge in [0.1, 0.15) is 11.6 Å². The van der Waals surface area contributed by atoms with Gasteiger partial charge in [-0.05, 0) is 50.6 Å². The summed E-state index contributed by atoms with van der Waals surface area (Å²) in [5.41, 5.74) is 9.81. The molecule has 31 heavy (non-hydrogen) atoms. The zero-order chi connectivity index (χ0) is 22.0. The highest BCUT2D eigenvalue weighted by Crippen LogP contribution is 2.46. The van der Waals surface area contributed by atoms with Crippen molar-refractivity contribution in [2.45, 2.75) is 26.7 Å². The molecule has 0 aliphatic carbocycles. The summed E-state index contributed by atoms with van der Waals surface area (Å²) in [6.07, 6.45) is 0. The highest BCUT2D eigenvalue weighted by molar-refractivity contribution is 5.59. The van der Waals surface area contributed by atoms with E-state index in [-0.39, 0.29) is 5.88 Å². The lowest BCUT2D eigenvalue weighted by molar-refractivity contribution is 0.287. The first-order chi connectivity index (χ1) is 15.1. The second-order valence-corrected chi connectivity index (χ2v) is 7.05. The van der Waals surface area contributed by atoms with Crippen LogP contribution in [0.4, 0.5) is 0 Å². The molecule has 4 rings (SSSR count). The van der Waals surface area contributed by atoms with Gasteiger partial charge in [0.2, 0.25) is 11.8 Å². The molecule has 0 fully saturated rings. The molecule has 1 aliphatic rings. The Morgan fingerprint density at radius 2 is 1.81 bits per heavy atom. The highest BCUT2D eigenvalue weighted by atomic mass is 16.5. The first-order valence-corrected chi connectivity index (χ1v) is 10.2. The van der Waals surface area contributed by atoms with Gasteiger partial charge in [-0.25, -0.2) is 4.68 Å². The predicted octanol–water partition coefficient (Wildman–Crippen LogP) is 4.20. The lowest BCUT2D eigenvalue weighted by atomic mass is 9.84. The molecule has 3 aromatic rings. The van der Waals surface area contributed by atoms with Crippen molar-refractivity contribution in [3.05, 3.63) is 76.8 Å². The minimum atomic E-state index is -0.430. The lowest BCUT2D eigenvalue weighted by Gasteiger charge is -2.25. The van der Waals surface area contributed by atoms with Crippen molar-refractivity contribution in [1.29, 1.82) is 5.26 Å². The summed E-state index contributed by atoms with van der Waals surface area (Å²) < 4.78 is 19.1. The molecular formula is C24H24N4O3. The molecule has 0 saturated heterocycles. The second-order valence-electron chi connectivity index (χ2n) is 7.05. The lowest BCUT2D eigenvalue weighted by Crippen LogP contribution is -2.22. The number of nitrogens with two attached hydrogens (primary N) is 1. The van der Waals surface area contributed by atoms with Crippen LogP contribution in [-0.4, -0.2) is 23.0 Å². The first kappa shape index (κ1) is 20.4. The van der Waals surface area contributed by atoms with E-state index in [0.29, 0.717) is 36.2 Å². The Kier molecular flexibility index (Phi) is 5.54. The smallest absolute Gasteiger partial charge is 0.229 e. The maximum absolute atomic E-state index is 9.89. The van der Waals surface area contributed by atoms with Crippen molar-refractivity contribution < 1.29 is 14.2 Å². The molecule has 0 amide bonds. The molecule has 1 aromatic heterocycles. The van der Waals surface area contributed by atoms with Gasteiger partial charge in [-0.1, -0.05) is 24.3 Å². The van der Waals surface area contributed by atoms with E-state index in [2.05, 4.69) is 6.07 Å². The fraction of sp³-hybridized carbons (Fsp3) is 0.250. The van der Waals surface area contributed by atoms with Crippen LogP contribution in [0.15, 0.2) is 60.0 Å². The topological polar surface area (TPSA) is 95.3 Å². The van der Waals surface area contributed by atoms with Gasteiger partial charge in [-0.15, -0.1) is 0 Å². The zero-order valence-corrected chi connectivity index (χ0v) is 17.8. The Bertz CT molecular complexity index is 1180. The molecule has 0 spiro atoms. The fourth-order valence-corrected chi connectivity index (χ4v) is 3.84. The van der Waals surface area contributed by atoms with Crippen molar-refractivity contribution in [3.63, 3.8) is 0 Å². The van der Waals surface area contributed by atoms with Crippen molar-refractivity contribution in [1.82, 2.24) is 9.78 Å². The molecule has 1 aliphatic heterocycles. The van der Waals surface area contributed by atoms with Crippen LogP contribution in [0.3, 0.4) is 0 Å². The van der Waals surface area contributed by atoms with E-state index in [0.717, 1.165) is 22.5 Å². The minimum absolute atomic E-state index is 0.0731. The maximum Gasteiger partial charge on any atom is 0.229 e. The number of nitrogens with zero attached hydrogens (tertiary/aromatic N) is 3. The van der Waals surface area contributed by atoms with Gasteiger partial charge in [-0.2, -0.15) is 10.4 Å². The number of nitriles is 1. The molecule has 2 aromatic carbocycles. The van der Waals surface area contributed by atoms with E-state index in [1.165, 1.54) is 0 Å². The Labute approximate surface area is 181 Å². The SMILES string of the molecule is CCOc1ccc([C@H]2C(C#N)=C(N)Oc3c2c(C)nn3-c2ccccc2)cc1OCC. The molecule has 0 saturated carbocycles. The number of aromatic nitrogens is 2. The molecule has 158 valence electrons. The van der Waals surface area contributed by atoms with Crippen LogP contribution >= 0.6 is 0 Å². The van der Waals surface area contributed by atoms with Crippen LogP contribution in [0.1, 0.15) is 36.6 Å². The summed E-state index contributed by atoms with van der Waals surface area (Å²) in [5.74, 6) is 1.44. The third-order valence-electron chi connectivity index (χ3n) is 5.13. The van der Waals surface area contributed by atoms with E-state index < -0.39 is 5.92 Å². The number of para-hydroxylation sites is 1. The fourth-order valence-electron chi connectivity index (χ4n) is 3.84. The Balaban J connectivity index is 1.90. The van der Waals surface area contributed by atoms with Crippen molar-refractivity contribution in [2.75, 3.05) is 13.2 Å². The van der Waals surface area contributed by atoms with E-state index in [1.807, 2.05) is 69.3 Å². The highest BCUT2D eigenvalue weighted by Gasteiger charge is 2.36. The van der Waals surface area contributed by atoms with Gasteiger partial charge in [-0.3, -0.25) is 0 Å². The Morgan fingerprint density at radius 1 is 1.10 bits per heavy atom. The Morgan fingerprint density at radius 3 is 2.48 bits per heavy atom. The van der Waals surface area contributed by atoms with Crippen LogP contribution in [0, 0.1) is 18.3 Å². The maximum atomic E-state index is 9.89. The number of ether oxygens (including phenoxy) is 3. The molecule has 0 radical (unpaired) electrons. The van der Waals surface area contributed by atoms with Gasteiger partial charge in [0.15, 0.2) is 11.5 Å². The predicted molar refractivity (Wildman–Crippen MR) is 116 cm³/mol. The van der Waals surface area contributed by atoms with E-state index >= 15 is 0 Å². The van der Waals surface area contributed by atoms with Gasteiger partial charge in [0.25, 0.3) is 0 Å². The molecule has 0 unspecified atom stereocenters. The molecule has 0 bridgehead atoms. The monoisotopic (exact) mass is 416 g/mol. The van der Waals surface area contributed by atoms with Crippen molar-refractivity contribution in [3.8, 4) is 29.1 Å². The Hall–Kier alpha value is -3.92. The van der Waals surface area contributed by atoms with E-state index in [9.17, 15) is 5.26 Å². The number of hydrogen-bond donors (Lipinski definition) is 1. The standard InChI is InChI=1S/C24H24N4O3/c1-4-29-19-12-11-16(13-20(19)30-5-2)22-18(14-25)23(26)31-24-21(22)15(3)27-28(24)17-9-7-6-8-10-17/h6-13,22H,4-5,26H2,1-3H3/t22-/m0/s1. The van der Waals surface area contributed by atoms with E-state index in [1.54, 1.807) is 4.68 Å².